The molecule has 0 heterocycles. The maximum atomic E-state index is 2.43. The van der Waals surface area contributed by atoms with Crippen molar-refractivity contribution >= 4 is 27.8 Å². The first-order chi connectivity index (χ1) is 29.3. The Bertz CT molecular complexity index is 3020. The van der Waals surface area contributed by atoms with Crippen LogP contribution in [0.15, 0.2) is 249 Å². The predicted octanol–water partition coefficient (Wildman–Crippen LogP) is 16.3. The molecule has 10 aromatic carbocycles. The molecule has 10 rings (SSSR count). The fraction of sp³-hybridized carbons (Fsp3) is 0. The quantitative estimate of drug-likeness (QED) is 0.142. The van der Waals surface area contributed by atoms with Gasteiger partial charge < -0.3 is 4.90 Å². The number of hydrogen-bond donors (Lipinski definition) is 0. The molecule has 0 aliphatic rings. The van der Waals surface area contributed by atoms with Crippen LogP contribution in [0.3, 0.4) is 0 Å². The molecule has 0 aromatic heterocycles. The van der Waals surface area contributed by atoms with Gasteiger partial charge in [-0.3, -0.25) is 0 Å². The van der Waals surface area contributed by atoms with Gasteiger partial charge in [-0.1, -0.05) is 212 Å². The summed E-state index contributed by atoms with van der Waals surface area (Å²) in [6, 6.07) is 89.9. The Morgan fingerprint density at radius 2 is 0.712 bits per heavy atom. The van der Waals surface area contributed by atoms with Gasteiger partial charge in [-0.15, -0.1) is 0 Å². The lowest BCUT2D eigenvalue weighted by molar-refractivity contribution is 1.28. The van der Waals surface area contributed by atoms with Crippen molar-refractivity contribution in [2.24, 2.45) is 0 Å². The van der Waals surface area contributed by atoms with Crippen LogP contribution in [0.1, 0.15) is 0 Å². The predicted molar refractivity (Wildman–Crippen MR) is 251 cm³/mol. The fourth-order valence-corrected chi connectivity index (χ4v) is 8.45. The number of anilines is 3. The number of fused-ring (bicyclic) bond motifs is 1. The summed E-state index contributed by atoms with van der Waals surface area (Å²) in [5.41, 5.74) is 17.5. The van der Waals surface area contributed by atoms with Gasteiger partial charge in [-0.05, 0) is 108 Å². The van der Waals surface area contributed by atoms with E-state index in [0.717, 1.165) is 22.6 Å². The zero-order chi connectivity index (χ0) is 39.4. The lowest BCUT2D eigenvalue weighted by Crippen LogP contribution is -2.11. The zero-order valence-corrected chi connectivity index (χ0v) is 32.6. The summed E-state index contributed by atoms with van der Waals surface area (Å²) in [5.74, 6) is 0. The second-order valence-corrected chi connectivity index (χ2v) is 14.9. The van der Waals surface area contributed by atoms with Gasteiger partial charge in [0.05, 0.1) is 5.69 Å². The molecule has 0 spiro atoms. The number of rotatable bonds is 9. The number of benzene rings is 10. The maximum absolute atomic E-state index is 2.43. The molecule has 0 amide bonds. The van der Waals surface area contributed by atoms with Crippen LogP contribution in [0, 0.1) is 0 Å². The lowest BCUT2D eigenvalue weighted by atomic mass is 9.86. The Kier molecular flexibility index (Phi) is 9.68. The normalized spacial score (nSPS) is 11.1. The van der Waals surface area contributed by atoms with Crippen LogP contribution in [0.5, 0.6) is 0 Å². The largest absolute Gasteiger partial charge is 0.310 e. The minimum Gasteiger partial charge on any atom is -0.310 e. The first-order valence-corrected chi connectivity index (χ1v) is 20.3. The van der Waals surface area contributed by atoms with Gasteiger partial charge in [0.1, 0.15) is 0 Å². The van der Waals surface area contributed by atoms with Crippen molar-refractivity contribution in [3.05, 3.63) is 249 Å². The first kappa shape index (κ1) is 35.7. The molecule has 59 heavy (non-hydrogen) atoms. The minimum atomic E-state index is 1.08. The Morgan fingerprint density at radius 1 is 0.220 bits per heavy atom. The summed E-state index contributed by atoms with van der Waals surface area (Å²) >= 11 is 0. The third-order valence-electron chi connectivity index (χ3n) is 11.3. The number of nitrogens with zero attached hydrogens (tertiary/aromatic N) is 1. The highest BCUT2D eigenvalue weighted by Gasteiger charge is 2.21. The van der Waals surface area contributed by atoms with Crippen molar-refractivity contribution in [3.63, 3.8) is 0 Å². The second kappa shape index (κ2) is 16.0. The molecule has 0 saturated heterocycles. The van der Waals surface area contributed by atoms with Crippen molar-refractivity contribution in [2.45, 2.75) is 0 Å². The van der Waals surface area contributed by atoms with Crippen molar-refractivity contribution in [3.8, 4) is 66.8 Å². The molecule has 1 heteroatoms. The molecule has 0 atom stereocenters. The molecule has 0 fully saturated rings. The molecule has 1 nitrogen and oxygen atoms in total. The third kappa shape index (κ3) is 7.12. The van der Waals surface area contributed by atoms with Gasteiger partial charge in [-0.25, -0.2) is 0 Å². The summed E-state index contributed by atoms with van der Waals surface area (Å²) in [6.07, 6.45) is 0. The molecule has 0 bridgehead atoms. The molecule has 0 N–H and O–H groups in total. The number of hydrogen-bond acceptors (Lipinski definition) is 1. The lowest BCUT2D eigenvalue weighted by Gasteiger charge is -2.29. The van der Waals surface area contributed by atoms with Crippen molar-refractivity contribution < 1.29 is 0 Å². The van der Waals surface area contributed by atoms with Gasteiger partial charge in [0, 0.05) is 16.9 Å². The first-order valence-electron chi connectivity index (χ1n) is 20.3. The van der Waals surface area contributed by atoms with E-state index in [9.17, 15) is 0 Å². The van der Waals surface area contributed by atoms with Crippen LogP contribution in [0.2, 0.25) is 0 Å². The molecule has 0 aliphatic heterocycles. The SMILES string of the molecule is c1ccc(-c2ccc(N(c3cccc(-c4cccc5ccccc45)c3)c3ccccc3-c3ccc(-c4ccccc4)cc3-c3ccccc3-c3ccccc3)cc2)cc1. The Hall–Kier alpha value is -7.74. The molecule has 0 aliphatic carbocycles. The van der Waals surface area contributed by atoms with E-state index in [1.807, 2.05) is 0 Å². The second-order valence-electron chi connectivity index (χ2n) is 14.9. The Balaban J connectivity index is 1.19. The number of para-hydroxylation sites is 1. The molecule has 10 aromatic rings. The third-order valence-corrected chi connectivity index (χ3v) is 11.3. The average Bonchev–Trinajstić information content (AvgIpc) is 3.33. The van der Waals surface area contributed by atoms with E-state index in [0.29, 0.717) is 0 Å². The van der Waals surface area contributed by atoms with Crippen LogP contribution in [-0.4, -0.2) is 0 Å². The summed E-state index contributed by atoms with van der Waals surface area (Å²) in [5, 5.41) is 2.47. The standard InChI is InChI=1S/C58H41N/c1-4-18-42(19-5-1)44-34-37-49(38-35-44)59(50-27-16-26-48(40-50)53-32-17-25-46-24-10-11-28-51(46)53)58-33-15-14-31-56(58)55-39-36-47(43-20-6-2-7-21-43)41-57(55)54-30-13-12-29-52(54)45-22-8-3-9-23-45/h1-41H. The van der Waals surface area contributed by atoms with E-state index in [4.69, 9.17) is 0 Å². The van der Waals surface area contributed by atoms with Crippen LogP contribution >= 0.6 is 0 Å². The Labute approximate surface area is 346 Å². The highest BCUT2D eigenvalue weighted by Crippen LogP contribution is 2.47. The van der Waals surface area contributed by atoms with Crippen LogP contribution in [0.4, 0.5) is 17.1 Å². The summed E-state index contributed by atoms with van der Waals surface area (Å²) in [7, 11) is 0. The molecule has 0 radical (unpaired) electrons. The van der Waals surface area contributed by atoms with Crippen molar-refractivity contribution in [2.75, 3.05) is 4.90 Å². The minimum absolute atomic E-state index is 1.08. The topological polar surface area (TPSA) is 3.24 Å². The summed E-state index contributed by atoms with van der Waals surface area (Å²) in [4.78, 5) is 2.43. The fourth-order valence-electron chi connectivity index (χ4n) is 8.45. The smallest absolute Gasteiger partial charge is 0.0540 e. The van der Waals surface area contributed by atoms with E-state index in [1.165, 1.54) is 72.0 Å². The van der Waals surface area contributed by atoms with E-state index in [-0.39, 0.29) is 0 Å². The van der Waals surface area contributed by atoms with Crippen molar-refractivity contribution in [1.29, 1.82) is 0 Å². The molecule has 0 saturated carbocycles. The molecule has 0 unspecified atom stereocenters. The van der Waals surface area contributed by atoms with Gasteiger partial charge in [0.25, 0.3) is 0 Å². The molecule has 278 valence electrons. The molecular weight excluding hydrogens is 711 g/mol. The monoisotopic (exact) mass is 751 g/mol. The van der Waals surface area contributed by atoms with Crippen LogP contribution in [0.25, 0.3) is 77.5 Å². The van der Waals surface area contributed by atoms with Gasteiger partial charge in [-0.2, -0.15) is 0 Å². The average molecular weight is 752 g/mol. The summed E-state index contributed by atoms with van der Waals surface area (Å²) in [6.45, 7) is 0. The zero-order valence-electron chi connectivity index (χ0n) is 32.6. The maximum Gasteiger partial charge on any atom is 0.0540 e. The van der Waals surface area contributed by atoms with E-state index in [2.05, 4.69) is 254 Å². The highest BCUT2D eigenvalue weighted by molar-refractivity contribution is 6.00. The van der Waals surface area contributed by atoms with Gasteiger partial charge >= 0.3 is 0 Å². The van der Waals surface area contributed by atoms with Crippen molar-refractivity contribution in [1.82, 2.24) is 0 Å². The highest BCUT2D eigenvalue weighted by atomic mass is 15.1. The van der Waals surface area contributed by atoms with E-state index >= 15 is 0 Å². The summed E-state index contributed by atoms with van der Waals surface area (Å²) < 4.78 is 0. The van der Waals surface area contributed by atoms with Crippen LogP contribution in [-0.2, 0) is 0 Å². The molecular formula is C58H41N. The van der Waals surface area contributed by atoms with Crippen LogP contribution < -0.4 is 4.90 Å². The van der Waals surface area contributed by atoms with Gasteiger partial charge in [0.15, 0.2) is 0 Å². The van der Waals surface area contributed by atoms with E-state index in [1.54, 1.807) is 0 Å². The Morgan fingerprint density at radius 3 is 1.46 bits per heavy atom. The van der Waals surface area contributed by atoms with Gasteiger partial charge in [0.2, 0.25) is 0 Å². The van der Waals surface area contributed by atoms with E-state index < -0.39 is 0 Å².